The summed E-state index contributed by atoms with van der Waals surface area (Å²) in [6.07, 6.45) is 3.62. The first-order valence-corrected chi connectivity index (χ1v) is 6.59. The maximum absolute atomic E-state index is 4.96. The van der Waals surface area contributed by atoms with E-state index in [9.17, 15) is 0 Å². The van der Waals surface area contributed by atoms with E-state index in [2.05, 4.69) is 20.6 Å². The van der Waals surface area contributed by atoms with Crippen LogP contribution < -0.4 is 10.6 Å². The van der Waals surface area contributed by atoms with Crippen LogP contribution in [0.5, 0.6) is 0 Å². The number of nitrogens with zero attached hydrogens (tertiary/aromatic N) is 2. The average Bonchev–Trinajstić information content (AvgIpc) is 2.31. The van der Waals surface area contributed by atoms with Gasteiger partial charge >= 0.3 is 0 Å². The Kier molecular flexibility index (Phi) is 6.10. The summed E-state index contributed by atoms with van der Waals surface area (Å²) in [5.41, 5.74) is 1.97. The summed E-state index contributed by atoms with van der Waals surface area (Å²) in [7, 11) is 1.81. The van der Waals surface area contributed by atoms with Crippen molar-refractivity contribution in [3.63, 3.8) is 0 Å². The number of thiocarbonyl (C=S) groups is 1. The first-order valence-electron chi connectivity index (χ1n) is 5.03. The normalized spacial score (nSPS) is 9.88. The van der Waals surface area contributed by atoms with E-state index in [1.807, 2.05) is 31.9 Å². The third kappa shape index (κ3) is 5.27. The van der Waals surface area contributed by atoms with Crippen LogP contribution in [-0.2, 0) is 5.75 Å². The monoisotopic (exact) mass is 256 g/mol. The summed E-state index contributed by atoms with van der Waals surface area (Å²) in [6, 6.07) is 0. The zero-order valence-electron chi connectivity index (χ0n) is 9.49. The number of thioether (sulfide) groups is 1. The Morgan fingerprint density at radius 3 is 2.88 bits per heavy atom. The fourth-order valence-corrected chi connectivity index (χ4v) is 1.85. The van der Waals surface area contributed by atoms with Crippen molar-refractivity contribution in [1.82, 2.24) is 20.6 Å². The minimum absolute atomic E-state index is 0.690. The molecule has 0 amide bonds. The van der Waals surface area contributed by atoms with Gasteiger partial charge in [-0.1, -0.05) is 0 Å². The predicted octanol–water partition coefficient (Wildman–Crippen LogP) is 1.11. The van der Waals surface area contributed by atoms with E-state index >= 15 is 0 Å². The second-order valence-electron chi connectivity index (χ2n) is 3.21. The van der Waals surface area contributed by atoms with Crippen LogP contribution in [0, 0.1) is 6.92 Å². The molecule has 1 aromatic heterocycles. The van der Waals surface area contributed by atoms with Gasteiger partial charge in [0.1, 0.15) is 0 Å². The number of hydrogen-bond acceptors (Lipinski definition) is 4. The summed E-state index contributed by atoms with van der Waals surface area (Å²) in [5.74, 6) is 1.89. The van der Waals surface area contributed by atoms with E-state index in [0.29, 0.717) is 5.11 Å². The second-order valence-corrected chi connectivity index (χ2v) is 4.72. The van der Waals surface area contributed by atoms with E-state index in [4.69, 9.17) is 12.2 Å². The fraction of sp³-hybridized carbons (Fsp3) is 0.500. The Morgan fingerprint density at radius 2 is 2.25 bits per heavy atom. The molecular weight excluding hydrogens is 240 g/mol. The molecule has 0 atom stereocenters. The largest absolute Gasteiger partial charge is 0.366 e. The van der Waals surface area contributed by atoms with Gasteiger partial charge in [0, 0.05) is 37.5 Å². The van der Waals surface area contributed by atoms with E-state index in [1.165, 1.54) is 0 Å². The van der Waals surface area contributed by atoms with Gasteiger partial charge < -0.3 is 10.6 Å². The Morgan fingerprint density at radius 1 is 1.44 bits per heavy atom. The molecule has 0 fully saturated rings. The van der Waals surface area contributed by atoms with Crippen molar-refractivity contribution in [3.8, 4) is 0 Å². The molecular formula is C10H16N4S2. The van der Waals surface area contributed by atoms with Gasteiger partial charge in [-0.05, 0) is 19.1 Å². The number of aromatic nitrogens is 2. The van der Waals surface area contributed by atoms with Gasteiger partial charge in [0.2, 0.25) is 0 Å². The van der Waals surface area contributed by atoms with Crippen molar-refractivity contribution in [2.24, 2.45) is 0 Å². The third-order valence-corrected chi connectivity index (χ3v) is 3.18. The molecule has 0 aromatic carbocycles. The lowest BCUT2D eigenvalue weighted by Crippen LogP contribution is -2.33. The topological polar surface area (TPSA) is 49.8 Å². The minimum Gasteiger partial charge on any atom is -0.366 e. The molecule has 0 spiro atoms. The van der Waals surface area contributed by atoms with Crippen LogP contribution in [0.3, 0.4) is 0 Å². The van der Waals surface area contributed by atoms with Gasteiger partial charge in [-0.15, -0.1) is 0 Å². The number of rotatable bonds is 5. The van der Waals surface area contributed by atoms with E-state index in [0.717, 1.165) is 29.4 Å². The summed E-state index contributed by atoms with van der Waals surface area (Å²) in [5, 5.41) is 6.65. The Balaban J connectivity index is 2.11. The number of hydrogen-bond donors (Lipinski definition) is 2. The van der Waals surface area contributed by atoms with Crippen molar-refractivity contribution in [3.05, 3.63) is 23.8 Å². The van der Waals surface area contributed by atoms with E-state index in [-0.39, 0.29) is 0 Å². The third-order valence-electron chi connectivity index (χ3n) is 1.84. The molecule has 0 unspecified atom stereocenters. The molecule has 88 valence electrons. The van der Waals surface area contributed by atoms with Crippen LogP contribution >= 0.6 is 24.0 Å². The van der Waals surface area contributed by atoms with E-state index < -0.39 is 0 Å². The van der Waals surface area contributed by atoms with Crippen LogP contribution in [-0.4, -0.2) is 34.4 Å². The van der Waals surface area contributed by atoms with Gasteiger partial charge in [-0.3, -0.25) is 9.97 Å². The highest BCUT2D eigenvalue weighted by atomic mass is 32.2. The Hall–Kier alpha value is -0.880. The lowest BCUT2D eigenvalue weighted by molar-refractivity contribution is 0.942. The Bertz CT molecular complexity index is 326. The Labute approximate surface area is 106 Å². The van der Waals surface area contributed by atoms with Gasteiger partial charge in [0.05, 0.1) is 11.4 Å². The zero-order chi connectivity index (χ0) is 11.8. The van der Waals surface area contributed by atoms with Crippen molar-refractivity contribution in [2.75, 3.05) is 19.3 Å². The highest BCUT2D eigenvalue weighted by Gasteiger charge is 1.96. The summed E-state index contributed by atoms with van der Waals surface area (Å²) < 4.78 is 0. The average molecular weight is 256 g/mol. The number of aryl methyl sites for hydroxylation is 1. The fourth-order valence-electron chi connectivity index (χ4n) is 0.996. The molecule has 16 heavy (non-hydrogen) atoms. The first-order chi connectivity index (χ1) is 7.72. The molecule has 0 aliphatic rings. The molecule has 1 rings (SSSR count). The maximum Gasteiger partial charge on any atom is 0.166 e. The van der Waals surface area contributed by atoms with Crippen molar-refractivity contribution in [1.29, 1.82) is 0 Å². The van der Waals surface area contributed by atoms with Gasteiger partial charge in [-0.25, -0.2) is 0 Å². The lowest BCUT2D eigenvalue weighted by Gasteiger charge is -2.06. The lowest BCUT2D eigenvalue weighted by atomic mass is 10.4. The van der Waals surface area contributed by atoms with Crippen LogP contribution in [0.1, 0.15) is 11.4 Å². The SMILES string of the molecule is CNC(=S)NCCSCc1cnc(C)cn1. The second kappa shape index (κ2) is 7.40. The predicted molar refractivity (Wildman–Crippen MR) is 72.6 cm³/mol. The van der Waals surface area contributed by atoms with Gasteiger partial charge in [0.15, 0.2) is 5.11 Å². The standard InChI is InChI=1S/C10H16N4S2/c1-8-5-14-9(6-13-8)7-16-4-3-12-10(15)11-2/h5-6H,3-4,7H2,1-2H3,(H2,11,12,15). The van der Waals surface area contributed by atoms with Crippen molar-refractivity contribution in [2.45, 2.75) is 12.7 Å². The van der Waals surface area contributed by atoms with Crippen LogP contribution in [0.25, 0.3) is 0 Å². The molecule has 4 nitrogen and oxygen atoms in total. The number of nitrogens with one attached hydrogen (secondary N) is 2. The molecule has 2 N–H and O–H groups in total. The molecule has 0 bridgehead atoms. The molecule has 0 saturated heterocycles. The summed E-state index contributed by atoms with van der Waals surface area (Å²) in [4.78, 5) is 8.48. The van der Waals surface area contributed by atoms with Gasteiger partial charge in [0.25, 0.3) is 0 Å². The first kappa shape index (κ1) is 13.2. The molecule has 1 heterocycles. The highest BCUT2D eigenvalue weighted by molar-refractivity contribution is 7.98. The maximum atomic E-state index is 4.96. The van der Waals surface area contributed by atoms with E-state index in [1.54, 1.807) is 6.20 Å². The van der Waals surface area contributed by atoms with Crippen molar-refractivity contribution >= 4 is 29.1 Å². The smallest absolute Gasteiger partial charge is 0.166 e. The summed E-state index contributed by atoms with van der Waals surface area (Å²) in [6.45, 7) is 2.80. The minimum atomic E-state index is 0.690. The molecule has 0 aliphatic carbocycles. The molecule has 0 aliphatic heterocycles. The zero-order valence-corrected chi connectivity index (χ0v) is 11.1. The molecule has 6 heteroatoms. The summed E-state index contributed by atoms with van der Waals surface area (Å²) >= 11 is 6.77. The molecule has 1 aromatic rings. The quantitative estimate of drug-likeness (QED) is 0.608. The highest BCUT2D eigenvalue weighted by Crippen LogP contribution is 2.07. The van der Waals surface area contributed by atoms with Crippen LogP contribution in [0.2, 0.25) is 0 Å². The molecule has 0 radical (unpaired) electrons. The van der Waals surface area contributed by atoms with Crippen LogP contribution in [0.15, 0.2) is 12.4 Å². The van der Waals surface area contributed by atoms with Crippen molar-refractivity contribution < 1.29 is 0 Å². The van der Waals surface area contributed by atoms with Gasteiger partial charge in [-0.2, -0.15) is 11.8 Å². The van der Waals surface area contributed by atoms with Crippen LogP contribution in [0.4, 0.5) is 0 Å². The molecule has 0 saturated carbocycles.